The average molecular weight is 382 g/mol. The van der Waals surface area contributed by atoms with Gasteiger partial charge in [0.15, 0.2) is 0 Å². The van der Waals surface area contributed by atoms with Gasteiger partial charge in [-0.05, 0) is 17.2 Å². The summed E-state index contributed by atoms with van der Waals surface area (Å²) in [6.07, 6.45) is 0.0143. The second-order valence-electron chi connectivity index (χ2n) is 6.85. The Morgan fingerprint density at radius 3 is 2.64 bits per heavy atom. The van der Waals surface area contributed by atoms with E-state index in [0.29, 0.717) is 24.4 Å². The number of amides is 3. The summed E-state index contributed by atoms with van der Waals surface area (Å²) in [5.74, 6) is -0.441. The van der Waals surface area contributed by atoms with Crippen molar-refractivity contribution in [3.05, 3.63) is 65.7 Å². The summed E-state index contributed by atoms with van der Waals surface area (Å²) in [4.78, 5) is 25.8. The second kappa shape index (κ2) is 9.87. The van der Waals surface area contributed by atoms with Crippen LogP contribution in [-0.4, -0.2) is 49.2 Å². The van der Waals surface area contributed by atoms with Crippen molar-refractivity contribution in [3.8, 4) is 0 Å². The molecular weight excluding hydrogens is 356 g/mol. The molecule has 1 aliphatic heterocycles. The predicted octanol–water partition coefficient (Wildman–Crippen LogP) is 1.74. The molecule has 0 radical (unpaired) electrons. The minimum atomic E-state index is -0.441. The highest BCUT2D eigenvalue weighted by molar-refractivity contribution is 5.91. The number of ether oxygens (including phenoxy) is 1. The van der Waals surface area contributed by atoms with Crippen molar-refractivity contribution in [1.29, 1.82) is 0 Å². The van der Waals surface area contributed by atoms with Crippen LogP contribution in [0.25, 0.3) is 0 Å². The third-order valence-electron chi connectivity index (χ3n) is 4.59. The van der Waals surface area contributed by atoms with Gasteiger partial charge in [-0.25, -0.2) is 4.79 Å². The second-order valence-corrected chi connectivity index (χ2v) is 6.85. The van der Waals surface area contributed by atoms with E-state index < -0.39 is 5.91 Å². The smallest absolute Gasteiger partial charge is 0.319 e. The van der Waals surface area contributed by atoms with E-state index in [2.05, 4.69) is 27.7 Å². The normalized spacial score (nSPS) is 17.1. The zero-order chi connectivity index (χ0) is 19.8. The maximum atomic E-state index is 12.3. The first-order valence-electron chi connectivity index (χ1n) is 9.39. The maximum Gasteiger partial charge on any atom is 0.319 e. The minimum absolute atomic E-state index is 0.0657. The van der Waals surface area contributed by atoms with Crippen molar-refractivity contribution >= 4 is 17.6 Å². The Labute approximate surface area is 164 Å². The molecule has 2 aromatic carbocycles. The number of benzene rings is 2. The van der Waals surface area contributed by atoms with Gasteiger partial charge in [0.1, 0.15) is 0 Å². The molecule has 1 saturated heterocycles. The molecule has 0 aliphatic carbocycles. The van der Waals surface area contributed by atoms with E-state index in [-0.39, 0.29) is 18.6 Å². The van der Waals surface area contributed by atoms with Crippen LogP contribution < -0.4 is 16.4 Å². The molecule has 3 rings (SSSR count). The first-order chi connectivity index (χ1) is 13.6. The molecule has 7 heteroatoms. The lowest BCUT2D eigenvalue weighted by Crippen LogP contribution is -2.47. The van der Waals surface area contributed by atoms with Crippen molar-refractivity contribution in [2.45, 2.75) is 19.1 Å². The molecule has 1 aliphatic rings. The number of carbonyl (C=O) groups excluding carboxylic acids is 2. The van der Waals surface area contributed by atoms with Gasteiger partial charge in [-0.1, -0.05) is 48.5 Å². The fraction of sp³-hybridized carbons (Fsp3) is 0.333. The summed E-state index contributed by atoms with van der Waals surface area (Å²) in [6, 6.07) is 17.1. The summed E-state index contributed by atoms with van der Waals surface area (Å²) in [6.45, 7) is 3.55. The fourth-order valence-corrected chi connectivity index (χ4v) is 3.25. The Morgan fingerprint density at radius 2 is 1.86 bits per heavy atom. The largest absolute Gasteiger partial charge is 0.374 e. The molecule has 1 fully saturated rings. The standard InChI is InChI=1S/C21H26N4O3/c22-20(26)12-17-8-4-5-9-19(17)24-21(27)23-13-18-15-25(10-11-28-18)14-16-6-2-1-3-7-16/h1-9,18H,10-15H2,(H2,22,26)(H2,23,24,27). The molecule has 1 heterocycles. The van der Waals surface area contributed by atoms with Crippen LogP contribution in [0.1, 0.15) is 11.1 Å². The molecule has 1 atom stereocenters. The Hall–Kier alpha value is -2.90. The number of nitrogens with one attached hydrogen (secondary N) is 2. The van der Waals surface area contributed by atoms with E-state index in [4.69, 9.17) is 10.5 Å². The summed E-state index contributed by atoms with van der Waals surface area (Å²) < 4.78 is 5.78. The molecule has 0 aromatic heterocycles. The highest BCUT2D eigenvalue weighted by atomic mass is 16.5. The number of carbonyl (C=O) groups is 2. The summed E-state index contributed by atoms with van der Waals surface area (Å²) in [5, 5.41) is 5.63. The van der Waals surface area contributed by atoms with Gasteiger partial charge in [0.2, 0.25) is 5.91 Å². The van der Waals surface area contributed by atoms with Gasteiger partial charge in [0.05, 0.1) is 19.1 Å². The number of anilines is 1. The van der Waals surface area contributed by atoms with Crippen LogP contribution in [0.3, 0.4) is 0 Å². The summed E-state index contributed by atoms with van der Waals surface area (Å²) >= 11 is 0. The minimum Gasteiger partial charge on any atom is -0.374 e. The molecule has 148 valence electrons. The SMILES string of the molecule is NC(=O)Cc1ccccc1NC(=O)NCC1CN(Cc2ccccc2)CCO1. The predicted molar refractivity (Wildman–Crippen MR) is 108 cm³/mol. The number of para-hydroxylation sites is 1. The van der Waals surface area contributed by atoms with E-state index in [1.54, 1.807) is 24.3 Å². The van der Waals surface area contributed by atoms with Crippen molar-refractivity contribution < 1.29 is 14.3 Å². The van der Waals surface area contributed by atoms with Crippen LogP contribution in [0.2, 0.25) is 0 Å². The number of hydrogen-bond donors (Lipinski definition) is 3. The molecule has 0 bridgehead atoms. The van der Waals surface area contributed by atoms with E-state index >= 15 is 0 Å². The molecule has 7 nitrogen and oxygen atoms in total. The number of nitrogens with zero attached hydrogens (tertiary/aromatic N) is 1. The van der Waals surface area contributed by atoms with Gasteiger partial charge >= 0.3 is 6.03 Å². The van der Waals surface area contributed by atoms with E-state index in [0.717, 1.165) is 19.6 Å². The fourth-order valence-electron chi connectivity index (χ4n) is 3.25. The quantitative estimate of drug-likeness (QED) is 0.679. The molecule has 1 unspecified atom stereocenters. The molecule has 3 amide bonds. The third-order valence-corrected chi connectivity index (χ3v) is 4.59. The van der Waals surface area contributed by atoms with Crippen LogP contribution >= 0.6 is 0 Å². The van der Waals surface area contributed by atoms with Crippen molar-refractivity contribution in [1.82, 2.24) is 10.2 Å². The number of urea groups is 1. The van der Waals surface area contributed by atoms with Crippen LogP contribution in [-0.2, 0) is 22.5 Å². The number of nitrogens with two attached hydrogens (primary N) is 1. The van der Waals surface area contributed by atoms with Gasteiger partial charge in [-0.3, -0.25) is 9.69 Å². The van der Waals surface area contributed by atoms with Gasteiger partial charge < -0.3 is 21.1 Å². The Balaban J connectivity index is 1.47. The molecular formula is C21H26N4O3. The lowest BCUT2D eigenvalue weighted by molar-refractivity contribution is -0.117. The monoisotopic (exact) mass is 382 g/mol. The molecule has 4 N–H and O–H groups in total. The number of rotatable bonds is 7. The zero-order valence-corrected chi connectivity index (χ0v) is 15.8. The van der Waals surface area contributed by atoms with Crippen LogP contribution in [0, 0.1) is 0 Å². The topological polar surface area (TPSA) is 96.7 Å². The van der Waals surface area contributed by atoms with Crippen molar-refractivity contribution in [2.24, 2.45) is 5.73 Å². The highest BCUT2D eigenvalue weighted by Crippen LogP contribution is 2.15. The summed E-state index contributed by atoms with van der Waals surface area (Å²) in [5.41, 5.74) is 7.79. The van der Waals surface area contributed by atoms with Crippen molar-refractivity contribution in [2.75, 3.05) is 31.6 Å². The lowest BCUT2D eigenvalue weighted by atomic mass is 10.1. The third kappa shape index (κ3) is 6.07. The lowest BCUT2D eigenvalue weighted by Gasteiger charge is -2.33. The zero-order valence-electron chi connectivity index (χ0n) is 15.8. The molecule has 0 spiro atoms. The molecule has 2 aromatic rings. The first kappa shape index (κ1) is 19.9. The maximum absolute atomic E-state index is 12.3. The Morgan fingerprint density at radius 1 is 1.11 bits per heavy atom. The number of hydrogen-bond acceptors (Lipinski definition) is 4. The van der Waals surface area contributed by atoms with Crippen LogP contribution in [0.4, 0.5) is 10.5 Å². The van der Waals surface area contributed by atoms with Gasteiger partial charge in [0.25, 0.3) is 0 Å². The number of primary amides is 1. The van der Waals surface area contributed by atoms with Crippen LogP contribution in [0.5, 0.6) is 0 Å². The molecule has 28 heavy (non-hydrogen) atoms. The summed E-state index contributed by atoms with van der Waals surface area (Å²) in [7, 11) is 0. The van der Waals surface area contributed by atoms with Gasteiger partial charge in [0, 0.05) is 31.9 Å². The Kier molecular flexibility index (Phi) is 7.00. The highest BCUT2D eigenvalue weighted by Gasteiger charge is 2.21. The average Bonchev–Trinajstić information content (AvgIpc) is 2.69. The Bertz CT molecular complexity index is 797. The van der Waals surface area contributed by atoms with Crippen LogP contribution in [0.15, 0.2) is 54.6 Å². The number of morpholine rings is 1. The van der Waals surface area contributed by atoms with Crippen molar-refractivity contribution in [3.63, 3.8) is 0 Å². The van der Waals surface area contributed by atoms with E-state index in [1.807, 2.05) is 18.2 Å². The molecule has 0 saturated carbocycles. The van der Waals surface area contributed by atoms with E-state index in [9.17, 15) is 9.59 Å². The first-order valence-corrected chi connectivity index (χ1v) is 9.39. The van der Waals surface area contributed by atoms with Gasteiger partial charge in [-0.15, -0.1) is 0 Å². The van der Waals surface area contributed by atoms with E-state index in [1.165, 1.54) is 5.56 Å². The van der Waals surface area contributed by atoms with Gasteiger partial charge in [-0.2, -0.15) is 0 Å².